The number of carbonyl (C=O) groups is 4. The monoisotopic (exact) mass is 482 g/mol. The molecule has 2 aromatic rings. The van der Waals surface area contributed by atoms with E-state index in [1.807, 2.05) is 48.5 Å². The summed E-state index contributed by atoms with van der Waals surface area (Å²) in [6, 6.07) is 12.7. The number of benzene rings is 2. The highest BCUT2D eigenvalue weighted by molar-refractivity contribution is 6.05. The molecule has 0 aromatic heterocycles. The Morgan fingerprint density at radius 2 is 1.49 bits per heavy atom. The molecule has 0 radical (unpaired) electrons. The molecule has 2 amide bonds. The second kappa shape index (κ2) is 11.5. The van der Waals surface area contributed by atoms with Crippen molar-refractivity contribution in [3.05, 3.63) is 59.7 Å². The lowest BCUT2D eigenvalue weighted by Gasteiger charge is -2.21. The van der Waals surface area contributed by atoms with Crippen LogP contribution in [0.25, 0.3) is 11.1 Å². The molecule has 0 heterocycles. The number of nitrogens with one attached hydrogen (secondary N) is 2. The zero-order valence-corrected chi connectivity index (χ0v) is 19.9. The third-order valence-corrected chi connectivity index (χ3v) is 5.71. The fraction of sp³-hybridized carbons (Fsp3) is 0.385. The van der Waals surface area contributed by atoms with Crippen LogP contribution in [-0.4, -0.2) is 54.3 Å². The van der Waals surface area contributed by atoms with Crippen molar-refractivity contribution < 1.29 is 33.8 Å². The van der Waals surface area contributed by atoms with Crippen molar-refractivity contribution in [2.45, 2.75) is 45.2 Å². The average molecular weight is 483 g/mol. The number of esters is 1. The number of carboxylic acid groups (broad SMARTS) is 1. The lowest BCUT2D eigenvalue weighted by Crippen LogP contribution is -2.55. The van der Waals surface area contributed by atoms with E-state index < -0.39 is 36.0 Å². The number of carbonyl (C=O) groups excluding carboxylic acids is 3. The molecule has 0 aliphatic heterocycles. The fourth-order valence-corrected chi connectivity index (χ4v) is 4.16. The van der Waals surface area contributed by atoms with Gasteiger partial charge in [0.05, 0.1) is 6.61 Å². The molecule has 0 bridgehead atoms. The van der Waals surface area contributed by atoms with Crippen LogP contribution in [0.3, 0.4) is 0 Å². The normalized spacial score (nSPS) is 13.8. The molecule has 1 aliphatic rings. The zero-order valence-electron chi connectivity index (χ0n) is 19.9. The van der Waals surface area contributed by atoms with Crippen LogP contribution in [0.2, 0.25) is 0 Å². The molecule has 3 rings (SSSR count). The van der Waals surface area contributed by atoms with E-state index >= 15 is 0 Å². The van der Waals surface area contributed by atoms with Crippen molar-refractivity contribution in [3.8, 4) is 11.1 Å². The molecule has 9 nitrogen and oxygen atoms in total. The number of ether oxygens (including phenoxy) is 2. The number of hydrogen-bond donors (Lipinski definition) is 3. The minimum absolute atomic E-state index is 0.0118. The van der Waals surface area contributed by atoms with Gasteiger partial charge in [0, 0.05) is 5.92 Å². The van der Waals surface area contributed by atoms with Gasteiger partial charge in [0.2, 0.25) is 6.04 Å². The van der Waals surface area contributed by atoms with Crippen LogP contribution in [0.1, 0.15) is 44.2 Å². The number of carboxylic acids is 1. The van der Waals surface area contributed by atoms with Gasteiger partial charge in [0.1, 0.15) is 12.6 Å². The molecule has 2 unspecified atom stereocenters. The number of fused-ring (bicyclic) bond motifs is 3. The van der Waals surface area contributed by atoms with Crippen LogP contribution in [0.15, 0.2) is 48.5 Å². The summed E-state index contributed by atoms with van der Waals surface area (Å²) in [6.45, 7) is 5.13. The molecule has 0 spiro atoms. The van der Waals surface area contributed by atoms with E-state index in [9.17, 15) is 24.3 Å². The maximum atomic E-state index is 12.7. The Balaban J connectivity index is 1.70. The summed E-state index contributed by atoms with van der Waals surface area (Å²) in [5.74, 6) is -3.45. The molecule has 186 valence electrons. The maximum absolute atomic E-state index is 12.7. The average Bonchev–Trinajstić information content (AvgIpc) is 3.14. The van der Waals surface area contributed by atoms with E-state index in [0.29, 0.717) is 0 Å². The first kappa shape index (κ1) is 25.7. The SMILES string of the molecule is CCOC(=O)C(NC(=O)OCC1c2ccccc2-c2ccccc21)C(=O)NC(CC(C)C)C(=O)O. The molecule has 0 fully saturated rings. The van der Waals surface area contributed by atoms with Crippen molar-refractivity contribution in [1.82, 2.24) is 10.6 Å². The number of alkyl carbamates (subject to hydrolysis) is 1. The molecule has 9 heteroatoms. The third-order valence-electron chi connectivity index (χ3n) is 5.71. The zero-order chi connectivity index (χ0) is 25.5. The minimum Gasteiger partial charge on any atom is -0.480 e. The van der Waals surface area contributed by atoms with E-state index in [2.05, 4.69) is 10.6 Å². The van der Waals surface area contributed by atoms with Gasteiger partial charge < -0.3 is 19.9 Å². The number of rotatable bonds is 10. The van der Waals surface area contributed by atoms with Crippen molar-refractivity contribution in [3.63, 3.8) is 0 Å². The lowest BCUT2D eigenvalue weighted by atomic mass is 9.98. The summed E-state index contributed by atoms with van der Waals surface area (Å²) in [7, 11) is 0. The molecule has 2 aromatic carbocycles. The first-order chi connectivity index (χ1) is 16.7. The minimum atomic E-state index is -1.75. The van der Waals surface area contributed by atoms with Gasteiger partial charge in [0.25, 0.3) is 5.91 Å². The smallest absolute Gasteiger partial charge is 0.408 e. The second-order valence-corrected chi connectivity index (χ2v) is 8.68. The number of hydrogen-bond acceptors (Lipinski definition) is 6. The Morgan fingerprint density at radius 1 is 0.914 bits per heavy atom. The second-order valence-electron chi connectivity index (χ2n) is 8.68. The van der Waals surface area contributed by atoms with Crippen LogP contribution >= 0.6 is 0 Å². The first-order valence-corrected chi connectivity index (χ1v) is 11.5. The Labute approximate surface area is 203 Å². The van der Waals surface area contributed by atoms with Gasteiger partial charge in [-0.15, -0.1) is 0 Å². The number of aliphatic carboxylic acids is 1. The van der Waals surface area contributed by atoms with Gasteiger partial charge in [-0.25, -0.2) is 14.4 Å². The highest BCUT2D eigenvalue weighted by Gasteiger charge is 2.34. The Kier molecular flexibility index (Phi) is 8.46. The van der Waals surface area contributed by atoms with E-state index in [-0.39, 0.29) is 31.5 Å². The van der Waals surface area contributed by atoms with E-state index in [1.54, 1.807) is 20.8 Å². The Hall–Kier alpha value is -3.88. The molecule has 0 saturated carbocycles. The topological polar surface area (TPSA) is 131 Å². The van der Waals surface area contributed by atoms with Gasteiger partial charge in [-0.2, -0.15) is 0 Å². The molecular formula is C26H30N2O7. The highest BCUT2D eigenvalue weighted by Crippen LogP contribution is 2.44. The lowest BCUT2D eigenvalue weighted by molar-refractivity contribution is -0.151. The van der Waals surface area contributed by atoms with E-state index in [0.717, 1.165) is 22.3 Å². The van der Waals surface area contributed by atoms with Crippen molar-refractivity contribution >= 4 is 23.9 Å². The van der Waals surface area contributed by atoms with Crippen molar-refractivity contribution in [2.24, 2.45) is 5.92 Å². The molecule has 3 N–H and O–H groups in total. The summed E-state index contributed by atoms with van der Waals surface area (Å²) in [5.41, 5.74) is 4.15. The summed E-state index contributed by atoms with van der Waals surface area (Å²) in [6.07, 6.45) is -0.836. The van der Waals surface area contributed by atoms with Gasteiger partial charge >= 0.3 is 18.0 Å². The van der Waals surface area contributed by atoms with Gasteiger partial charge in [0.15, 0.2) is 0 Å². The summed E-state index contributed by atoms with van der Waals surface area (Å²) < 4.78 is 10.3. The highest BCUT2D eigenvalue weighted by atomic mass is 16.6. The van der Waals surface area contributed by atoms with Crippen LogP contribution in [0, 0.1) is 5.92 Å². The van der Waals surface area contributed by atoms with Crippen LogP contribution in [0.5, 0.6) is 0 Å². The Bertz CT molecular complexity index is 1050. The predicted molar refractivity (Wildman–Crippen MR) is 128 cm³/mol. The quantitative estimate of drug-likeness (QED) is 0.350. The first-order valence-electron chi connectivity index (χ1n) is 11.5. The fourth-order valence-electron chi connectivity index (χ4n) is 4.16. The molecule has 2 atom stereocenters. The molecule has 35 heavy (non-hydrogen) atoms. The van der Waals surface area contributed by atoms with Crippen molar-refractivity contribution in [1.29, 1.82) is 0 Å². The predicted octanol–water partition coefficient (Wildman–Crippen LogP) is 3.07. The maximum Gasteiger partial charge on any atom is 0.408 e. The third kappa shape index (κ3) is 6.17. The van der Waals surface area contributed by atoms with Gasteiger partial charge in [-0.1, -0.05) is 62.4 Å². The largest absolute Gasteiger partial charge is 0.480 e. The molecular weight excluding hydrogens is 452 g/mol. The molecule has 0 saturated heterocycles. The molecule has 1 aliphatic carbocycles. The Morgan fingerprint density at radius 3 is 2.00 bits per heavy atom. The van der Waals surface area contributed by atoms with Gasteiger partial charge in [-0.3, -0.25) is 10.1 Å². The summed E-state index contributed by atoms with van der Waals surface area (Å²) in [4.78, 5) is 49.2. The van der Waals surface area contributed by atoms with Crippen LogP contribution in [-0.2, 0) is 23.9 Å². The van der Waals surface area contributed by atoms with Crippen molar-refractivity contribution in [2.75, 3.05) is 13.2 Å². The van der Waals surface area contributed by atoms with E-state index in [1.165, 1.54) is 0 Å². The standard InChI is InChI=1S/C26H30N2O7/c1-4-34-25(32)22(23(29)27-21(24(30)31)13-15(2)3)28-26(33)35-14-20-18-11-7-5-9-16(18)17-10-6-8-12-19(17)20/h5-12,15,20-22H,4,13-14H2,1-3H3,(H,27,29)(H,28,33)(H,30,31). The van der Waals surface area contributed by atoms with Crippen LogP contribution in [0.4, 0.5) is 4.79 Å². The van der Waals surface area contributed by atoms with E-state index in [4.69, 9.17) is 9.47 Å². The summed E-state index contributed by atoms with van der Waals surface area (Å²) >= 11 is 0. The number of amides is 2. The van der Waals surface area contributed by atoms with Gasteiger partial charge in [-0.05, 0) is 41.5 Å². The summed E-state index contributed by atoms with van der Waals surface area (Å²) in [5, 5.41) is 13.9. The van der Waals surface area contributed by atoms with Crippen LogP contribution < -0.4 is 10.6 Å².